The van der Waals surface area contributed by atoms with Gasteiger partial charge in [-0.2, -0.15) is 0 Å². The van der Waals surface area contributed by atoms with E-state index < -0.39 is 0 Å². The fourth-order valence-corrected chi connectivity index (χ4v) is 2.31. The molecule has 0 aliphatic rings. The largest absolute Gasteiger partial charge is 0.489 e. The Morgan fingerprint density at radius 2 is 1.79 bits per heavy atom. The average molecular weight is 325 g/mol. The average Bonchev–Trinajstić information content (AvgIpc) is 2.60. The lowest BCUT2D eigenvalue weighted by Gasteiger charge is -2.15. The molecule has 128 valence electrons. The second kappa shape index (κ2) is 9.91. The Morgan fingerprint density at radius 1 is 1.08 bits per heavy atom. The van der Waals surface area contributed by atoms with Crippen molar-refractivity contribution in [2.45, 2.75) is 26.5 Å². The fourth-order valence-electron chi connectivity index (χ4n) is 2.31. The molecule has 2 rings (SSSR count). The molecule has 0 aliphatic heterocycles. The zero-order chi connectivity index (χ0) is 17.2. The van der Waals surface area contributed by atoms with Crippen LogP contribution >= 0.6 is 0 Å². The van der Waals surface area contributed by atoms with Crippen molar-refractivity contribution in [1.82, 2.24) is 5.32 Å². The van der Waals surface area contributed by atoms with E-state index in [0.29, 0.717) is 19.8 Å². The van der Waals surface area contributed by atoms with Crippen molar-refractivity contribution in [3.63, 3.8) is 0 Å². The Bertz CT molecular complexity index is 607. The Morgan fingerprint density at radius 3 is 2.46 bits per heavy atom. The van der Waals surface area contributed by atoms with Gasteiger partial charge in [-0.1, -0.05) is 54.6 Å². The number of benzene rings is 2. The predicted molar refractivity (Wildman–Crippen MR) is 99.3 cm³/mol. The molecule has 0 saturated heterocycles. The first-order valence-electron chi connectivity index (χ1n) is 8.37. The van der Waals surface area contributed by atoms with E-state index in [0.717, 1.165) is 17.9 Å². The summed E-state index contributed by atoms with van der Waals surface area (Å²) in [6, 6.07) is 18.7. The van der Waals surface area contributed by atoms with Gasteiger partial charge in [0.1, 0.15) is 12.4 Å². The van der Waals surface area contributed by atoms with Gasteiger partial charge in [-0.15, -0.1) is 0 Å². The SMILES string of the molecule is C=C(C)COCCNC(C)c1ccc(OCc2ccccc2)cc1. The van der Waals surface area contributed by atoms with E-state index in [1.54, 1.807) is 0 Å². The molecule has 0 spiro atoms. The summed E-state index contributed by atoms with van der Waals surface area (Å²) in [5, 5.41) is 3.45. The summed E-state index contributed by atoms with van der Waals surface area (Å²) in [4.78, 5) is 0. The first kappa shape index (κ1) is 18.2. The highest BCUT2D eigenvalue weighted by molar-refractivity contribution is 5.29. The van der Waals surface area contributed by atoms with Crippen LogP contribution in [-0.2, 0) is 11.3 Å². The molecular weight excluding hydrogens is 298 g/mol. The second-order valence-corrected chi connectivity index (χ2v) is 6.03. The molecule has 3 heteroatoms. The molecule has 0 saturated carbocycles. The molecule has 0 aliphatic carbocycles. The van der Waals surface area contributed by atoms with Crippen LogP contribution in [-0.4, -0.2) is 19.8 Å². The minimum Gasteiger partial charge on any atom is -0.489 e. The van der Waals surface area contributed by atoms with Gasteiger partial charge in [0.2, 0.25) is 0 Å². The lowest BCUT2D eigenvalue weighted by molar-refractivity contribution is 0.156. The number of hydrogen-bond donors (Lipinski definition) is 1. The minimum absolute atomic E-state index is 0.279. The van der Waals surface area contributed by atoms with Crippen LogP contribution in [0.1, 0.15) is 31.0 Å². The van der Waals surface area contributed by atoms with Crippen LogP contribution in [0.5, 0.6) is 5.75 Å². The van der Waals surface area contributed by atoms with Crippen molar-refractivity contribution in [1.29, 1.82) is 0 Å². The van der Waals surface area contributed by atoms with E-state index in [4.69, 9.17) is 9.47 Å². The summed E-state index contributed by atoms with van der Waals surface area (Å²) >= 11 is 0. The summed E-state index contributed by atoms with van der Waals surface area (Å²) in [6.07, 6.45) is 0. The van der Waals surface area contributed by atoms with Crippen LogP contribution in [0.4, 0.5) is 0 Å². The van der Waals surface area contributed by atoms with Crippen molar-refractivity contribution in [2.75, 3.05) is 19.8 Å². The molecule has 0 fully saturated rings. The first-order chi connectivity index (χ1) is 11.6. The lowest BCUT2D eigenvalue weighted by atomic mass is 10.1. The van der Waals surface area contributed by atoms with E-state index >= 15 is 0 Å². The smallest absolute Gasteiger partial charge is 0.119 e. The lowest BCUT2D eigenvalue weighted by Crippen LogP contribution is -2.23. The molecule has 2 aromatic rings. The van der Waals surface area contributed by atoms with Gasteiger partial charge >= 0.3 is 0 Å². The molecule has 1 atom stereocenters. The molecule has 1 unspecified atom stereocenters. The number of rotatable bonds is 10. The summed E-state index contributed by atoms with van der Waals surface area (Å²) in [5.41, 5.74) is 3.46. The number of nitrogens with one attached hydrogen (secondary N) is 1. The summed E-state index contributed by atoms with van der Waals surface area (Å²) in [6.45, 7) is 10.7. The number of hydrogen-bond acceptors (Lipinski definition) is 3. The van der Waals surface area contributed by atoms with Crippen LogP contribution in [0.25, 0.3) is 0 Å². The topological polar surface area (TPSA) is 30.5 Å². The third kappa shape index (κ3) is 6.57. The minimum atomic E-state index is 0.279. The van der Waals surface area contributed by atoms with Crippen LogP contribution in [0.15, 0.2) is 66.7 Å². The monoisotopic (exact) mass is 325 g/mol. The van der Waals surface area contributed by atoms with Crippen molar-refractivity contribution < 1.29 is 9.47 Å². The van der Waals surface area contributed by atoms with Gasteiger partial charge in [0.05, 0.1) is 13.2 Å². The standard InChI is InChI=1S/C21H27NO2/c1-17(2)15-23-14-13-22-18(3)20-9-11-21(12-10-20)24-16-19-7-5-4-6-8-19/h4-12,18,22H,1,13-16H2,2-3H3. The van der Waals surface area contributed by atoms with E-state index in [1.165, 1.54) is 11.1 Å². The molecule has 2 aromatic carbocycles. The molecule has 0 radical (unpaired) electrons. The first-order valence-corrected chi connectivity index (χ1v) is 8.37. The van der Waals surface area contributed by atoms with Crippen LogP contribution in [0.2, 0.25) is 0 Å². The normalized spacial score (nSPS) is 11.9. The summed E-state index contributed by atoms with van der Waals surface area (Å²) < 4.78 is 11.3. The maximum Gasteiger partial charge on any atom is 0.119 e. The van der Waals surface area contributed by atoms with E-state index in [9.17, 15) is 0 Å². The maximum atomic E-state index is 5.81. The molecule has 0 amide bonds. The van der Waals surface area contributed by atoms with Crippen molar-refractivity contribution in [3.8, 4) is 5.75 Å². The Balaban J connectivity index is 1.73. The predicted octanol–water partition coefficient (Wildman–Crippen LogP) is 4.51. The number of ether oxygens (including phenoxy) is 2. The highest BCUT2D eigenvalue weighted by Crippen LogP contribution is 2.18. The maximum absolute atomic E-state index is 5.81. The van der Waals surface area contributed by atoms with Crippen LogP contribution in [0, 0.1) is 0 Å². The van der Waals surface area contributed by atoms with Crippen LogP contribution in [0.3, 0.4) is 0 Å². The molecule has 0 aromatic heterocycles. The zero-order valence-electron chi connectivity index (χ0n) is 14.6. The van der Waals surface area contributed by atoms with E-state index in [-0.39, 0.29) is 6.04 Å². The van der Waals surface area contributed by atoms with E-state index in [1.807, 2.05) is 37.3 Å². The molecule has 0 heterocycles. The third-order valence-electron chi connectivity index (χ3n) is 3.67. The van der Waals surface area contributed by atoms with Gasteiger partial charge < -0.3 is 14.8 Å². The zero-order valence-corrected chi connectivity index (χ0v) is 14.6. The van der Waals surface area contributed by atoms with E-state index in [2.05, 4.69) is 43.1 Å². The highest BCUT2D eigenvalue weighted by Gasteiger charge is 2.05. The molecule has 24 heavy (non-hydrogen) atoms. The Kier molecular flexibility index (Phi) is 7.53. The fraction of sp³-hybridized carbons (Fsp3) is 0.333. The quantitative estimate of drug-likeness (QED) is 0.515. The van der Waals surface area contributed by atoms with Crippen molar-refractivity contribution >= 4 is 0 Å². The second-order valence-electron chi connectivity index (χ2n) is 6.03. The molecule has 0 bridgehead atoms. The van der Waals surface area contributed by atoms with Gasteiger partial charge in [0.25, 0.3) is 0 Å². The van der Waals surface area contributed by atoms with Gasteiger partial charge in [0.15, 0.2) is 0 Å². The summed E-state index contributed by atoms with van der Waals surface area (Å²) in [7, 11) is 0. The third-order valence-corrected chi connectivity index (χ3v) is 3.67. The molecular formula is C21H27NO2. The van der Waals surface area contributed by atoms with Crippen LogP contribution < -0.4 is 10.1 Å². The van der Waals surface area contributed by atoms with Gasteiger partial charge in [-0.25, -0.2) is 0 Å². The molecule has 1 N–H and O–H groups in total. The summed E-state index contributed by atoms with van der Waals surface area (Å²) in [5.74, 6) is 0.889. The van der Waals surface area contributed by atoms with Crippen molar-refractivity contribution in [3.05, 3.63) is 77.9 Å². The Labute approximate surface area is 145 Å². The molecule has 3 nitrogen and oxygen atoms in total. The van der Waals surface area contributed by atoms with Gasteiger partial charge in [0, 0.05) is 12.6 Å². The van der Waals surface area contributed by atoms with Gasteiger partial charge in [-0.3, -0.25) is 0 Å². The van der Waals surface area contributed by atoms with Gasteiger partial charge in [-0.05, 0) is 37.1 Å². The highest BCUT2D eigenvalue weighted by atomic mass is 16.5. The van der Waals surface area contributed by atoms with Crippen molar-refractivity contribution in [2.24, 2.45) is 0 Å². The Hall–Kier alpha value is -2.10.